The molecule has 4 rings (SSSR count). The molecule has 0 saturated heterocycles. The highest BCUT2D eigenvalue weighted by molar-refractivity contribution is 5.92. The molecule has 0 aromatic carbocycles. The number of rotatable bonds is 6. The number of hydrogen-bond acceptors (Lipinski definition) is 4. The van der Waals surface area contributed by atoms with Gasteiger partial charge >= 0.3 is 0 Å². The molecule has 0 bridgehead atoms. The highest BCUT2D eigenvalue weighted by Crippen LogP contribution is 2.29. The maximum Gasteiger partial charge on any atom is 0.267 e. The summed E-state index contributed by atoms with van der Waals surface area (Å²) in [4.78, 5) is 37.8. The van der Waals surface area contributed by atoms with E-state index in [1.54, 1.807) is 36.7 Å². The number of carbonyl (C=O) groups is 2. The van der Waals surface area contributed by atoms with Gasteiger partial charge in [-0.2, -0.15) is 0 Å². The predicted octanol–water partition coefficient (Wildman–Crippen LogP) is 0.839. The lowest BCUT2D eigenvalue weighted by atomic mass is 9.79. The zero-order valence-electron chi connectivity index (χ0n) is 15.3. The van der Waals surface area contributed by atoms with Crippen LogP contribution in [0, 0.1) is 11.8 Å². The van der Waals surface area contributed by atoms with Gasteiger partial charge in [0.15, 0.2) is 5.95 Å². The normalized spacial score (nSPS) is 18.4. The molecule has 0 aliphatic heterocycles. The molecule has 0 radical (unpaired) electrons. The maximum absolute atomic E-state index is 12.3. The summed E-state index contributed by atoms with van der Waals surface area (Å²) in [5.41, 5.74) is 8.80. The van der Waals surface area contributed by atoms with E-state index in [9.17, 15) is 9.59 Å². The number of nitrogens with zero attached hydrogens (tertiary/aromatic N) is 1. The molecule has 9 heteroatoms. The van der Waals surface area contributed by atoms with Crippen LogP contribution in [0.4, 0.5) is 5.95 Å². The lowest BCUT2D eigenvalue weighted by molar-refractivity contribution is 0.0911. The highest BCUT2D eigenvalue weighted by Gasteiger charge is 2.31. The van der Waals surface area contributed by atoms with E-state index >= 15 is 0 Å². The van der Waals surface area contributed by atoms with Crippen LogP contribution in [-0.4, -0.2) is 44.8 Å². The van der Waals surface area contributed by atoms with E-state index in [2.05, 4.69) is 30.6 Å². The molecule has 28 heavy (non-hydrogen) atoms. The number of hydrogen-bond donors (Lipinski definition) is 6. The third-order valence-electron chi connectivity index (χ3n) is 5.21. The maximum atomic E-state index is 12.3. The van der Waals surface area contributed by atoms with Gasteiger partial charge in [0.2, 0.25) is 0 Å². The molecule has 3 aromatic rings. The molecule has 0 saturated carbocycles. The Labute approximate surface area is 161 Å². The Morgan fingerprint density at radius 2 is 1.57 bits per heavy atom. The Bertz CT molecular complexity index is 868. The van der Waals surface area contributed by atoms with Gasteiger partial charge in [0.05, 0.1) is 5.69 Å². The third-order valence-corrected chi connectivity index (χ3v) is 5.21. The second kappa shape index (κ2) is 7.63. The van der Waals surface area contributed by atoms with Crippen LogP contribution in [0.25, 0.3) is 0 Å². The quantitative estimate of drug-likeness (QED) is 0.376. The van der Waals surface area contributed by atoms with Crippen LogP contribution >= 0.6 is 0 Å². The van der Waals surface area contributed by atoms with Crippen molar-refractivity contribution in [2.24, 2.45) is 11.8 Å². The Kier molecular flexibility index (Phi) is 4.88. The summed E-state index contributed by atoms with van der Waals surface area (Å²) in [6.45, 7) is 0.992. The molecular weight excluding hydrogens is 358 g/mol. The van der Waals surface area contributed by atoms with Gasteiger partial charge in [0.1, 0.15) is 11.4 Å². The van der Waals surface area contributed by atoms with Crippen LogP contribution in [-0.2, 0) is 12.8 Å². The van der Waals surface area contributed by atoms with Crippen molar-refractivity contribution in [3.63, 3.8) is 0 Å². The van der Waals surface area contributed by atoms with Gasteiger partial charge in [0, 0.05) is 31.2 Å². The number of anilines is 1. The Morgan fingerprint density at radius 3 is 2.11 bits per heavy atom. The Morgan fingerprint density at radius 1 is 1.00 bits per heavy atom. The van der Waals surface area contributed by atoms with E-state index < -0.39 is 0 Å². The Balaban J connectivity index is 1.43. The van der Waals surface area contributed by atoms with Crippen molar-refractivity contribution in [3.05, 3.63) is 59.4 Å². The fraction of sp³-hybridized carbons (Fsp3) is 0.316. The van der Waals surface area contributed by atoms with E-state index in [4.69, 9.17) is 5.73 Å². The minimum absolute atomic E-state index is 0.137. The average molecular weight is 381 g/mol. The average Bonchev–Trinajstić information content (AvgIpc) is 3.44. The summed E-state index contributed by atoms with van der Waals surface area (Å²) >= 11 is 0. The zero-order valence-corrected chi connectivity index (χ0v) is 15.3. The largest absolute Gasteiger partial charge is 0.369 e. The van der Waals surface area contributed by atoms with Gasteiger partial charge in [-0.05, 0) is 48.9 Å². The summed E-state index contributed by atoms with van der Waals surface area (Å²) in [6.07, 6.45) is 4.84. The molecule has 1 aliphatic carbocycles. The van der Waals surface area contributed by atoms with E-state index in [0.717, 1.165) is 11.4 Å². The van der Waals surface area contributed by atoms with E-state index in [1.807, 2.05) is 0 Å². The fourth-order valence-electron chi connectivity index (χ4n) is 3.71. The van der Waals surface area contributed by atoms with Crippen LogP contribution in [0.5, 0.6) is 0 Å². The summed E-state index contributed by atoms with van der Waals surface area (Å²) in [5.74, 6) is 0.393. The SMILES string of the molecule is Nc1nc2c([nH]1)CC(CNC(=O)c1ccc[nH]1)C(CNC(=O)c1ccc[nH]1)C2. The second-order valence-electron chi connectivity index (χ2n) is 7.06. The topological polar surface area (TPSA) is 144 Å². The molecular formula is C19H23N7O2. The van der Waals surface area contributed by atoms with Crippen molar-refractivity contribution in [1.82, 2.24) is 30.6 Å². The smallest absolute Gasteiger partial charge is 0.267 e. The number of nitrogens with one attached hydrogen (secondary N) is 5. The van der Waals surface area contributed by atoms with Crippen molar-refractivity contribution in [2.75, 3.05) is 18.8 Å². The number of fused-ring (bicyclic) bond motifs is 1. The zero-order chi connectivity index (χ0) is 19.5. The monoisotopic (exact) mass is 381 g/mol. The number of H-pyrrole nitrogens is 3. The minimum atomic E-state index is -0.147. The number of nitrogens with two attached hydrogens (primary N) is 1. The Hall–Kier alpha value is -3.49. The van der Waals surface area contributed by atoms with Gasteiger partial charge in [-0.15, -0.1) is 0 Å². The van der Waals surface area contributed by atoms with Gasteiger partial charge < -0.3 is 31.3 Å². The molecule has 1 aliphatic rings. The molecule has 3 aromatic heterocycles. The van der Waals surface area contributed by atoms with Crippen molar-refractivity contribution in [2.45, 2.75) is 12.8 Å². The molecule has 2 atom stereocenters. The minimum Gasteiger partial charge on any atom is -0.369 e. The van der Waals surface area contributed by atoms with Crippen LogP contribution < -0.4 is 16.4 Å². The van der Waals surface area contributed by atoms with E-state index in [-0.39, 0.29) is 23.7 Å². The molecule has 9 nitrogen and oxygen atoms in total. The molecule has 2 amide bonds. The van der Waals surface area contributed by atoms with Gasteiger partial charge in [-0.25, -0.2) is 4.98 Å². The summed E-state index contributed by atoms with van der Waals surface area (Å²) in [5, 5.41) is 5.96. The van der Waals surface area contributed by atoms with Gasteiger partial charge in [-0.3, -0.25) is 9.59 Å². The van der Waals surface area contributed by atoms with Crippen molar-refractivity contribution in [1.29, 1.82) is 0 Å². The van der Waals surface area contributed by atoms with Gasteiger partial charge in [-0.1, -0.05) is 0 Å². The first-order valence-corrected chi connectivity index (χ1v) is 9.26. The second-order valence-corrected chi connectivity index (χ2v) is 7.06. The van der Waals surface area contributed by atoms with E-state index in [1.165, 1.54) is 0 Å². The van der Waals surface area contributed by atoms with Gasteiger partial charge in [0.25, 0.3) is 11.8 Å². The fourth-order valence-corrected chi connectivity index (χ4v) is 3.71. The van der Waals surface area contributed by atoms with Crippen LogP contribution in [0.15, 0.2) is 36.7 Å². The highest BCUT2D eigenvalue weighted by atomic mass is 16.2. The molecule has 3 heterocycles. The number of imidazole rings is 1. The van der Waals surface area contributed by atoms with E-state index in [0.29, 0.717) is 43.3 Å². The molecule has 146 valence electrons. The number of nitrogen functional groups attached to an aromatic ring is 1. The first-order chi connectivity index (χ1) is 13.6. The molecule has 0 fully saturated rings. The predicted molar refractivity (Wildman–Crippen MR) is 104 cm³/mol. The number of aromatic nitrogens is 4. The van der Waals surface area contributed by atoms with Crippen molar-refractivity contribution >= 4 is 17.8 Å². The summed E-state index contributed by atoms with van der Waals surface area (Å²) in [6, 6.07) is 7.04. The standard InChI is InChI=1S/C19H23N7O2/c20-19-25-15-7-11(9-23-17(27)13-3-1-5-21-13)12(8-16(15)26-19)10-24-18(28)14-4-2-6-22-14/h1-6,11-12,21-22H,7-10H2,(H,23,27)(H,24,28)(H3,20,25,26). The molecule has 0 spiro atoms. The lowest BCUT2D eigenvalue weighted by Gasteiger charge is -2.31. The van der Waals surface area contributed by atoms with Crippen molar-refractivity contribution < 1.29 is 9.59 Å². The number of aromatic amines is 3. The number of amides is 2. The van der Waals surface area contributed by atoms with Crippen molar-refractivity contribution in [3.8, 4) is 0 Å². The first-order valence-electron chi connectivity index (χ1n) is 9.26. The molecule has 2 unspecified atom stereocenters. The summed E-state index contributed by atoms with van der Waals surface area (Å²) in [7, 11) is 0. The first kappa shape index (κ1) is 17.9. The summed E-state index contributed by atoms with van der Waals surface area (Å²) < 4.78 is 0. The number of carbonyl (C=O) groups excluding carboxylic acids is 2. The lowest BCUT2D eigenvalue weighted by Crippen LogP contribution is -2.42. The molecule has 7 N–H and O–H groups in total. The van der Waals surface area contributed by atoms with Crippen LogP contribution in [0.3, 0.4) is 0 Å². The van der Waals surface area contributed by atoms with Crippen LogP contribution in [0.1, 0.15) is 32.4 Å². The van der Waals surface area contributed by atoms with Crippen LogP contribution in [0.2, 0.25) is 0 Å². The third kappa shape index (κ3) is 3.78.